The van der Waals surface area contributed by atoms with Crippen LogP contribution in [0.5, 0.6) is 11.5 Å². The molecule has 0 aliphatic carbocycles. The van der Waals surface area contributed by atoms with E-state index in [1.807, 2.05) is 49.4 Å². The molecule has 0 aliphatic rings. The Balaban J connectivity index is 1.65. The summed E-state index contributed by atoms with van der Waals surface area (Å²) >= 11 is 6.22. The maximum absolute atomic E-state index is 6.22. The van der Waals surface area contributed by atoms with E-state index < -0.39 is 0 Å². The van der Waals surface area contributed by atoms with Crippen LogP contribution in [0.3, 0.4) is 0 Å². The molecule has 0 heterocycles. The summed E-state index contributed by atoms with van der Waals surface area (Å²) in [5, 5.41) is 4.26. The molecule has 0 spiro atoms. The van der Waals surface area contributed by atoms with Crippen molar-refractivity contribution in [3.8, 4) is 11.5 Å². The molecule has 0 amide bonds. The van der Waals surface area contributed by atoms with Gasteiger partial charge in [-0.2, -0.15) is 0 Å². The molecule has 28 heavy (non-hydrogen) atoms. The van der Waals surface area contributed by atoms with Crippen molar-refractivity contribution in [3.05, 3.63) is 94.5 Å². The fraction of sp³-hybridized carbons (Fsp3) is 0.250. The lowest BCUT2D eigenvalue weighted by Gasteiger charge is -2.16. The van der Waals surface area contributed by atoms with E-state index in [1.165, 1.54) is 5.56 Å². The van der Waals surface area contributed by atoms with E-state index in [1.54, 1.807) is 0 Å². The highest BCUT2D eigenvalue weighted by Crippen LogP contribution is 2.30. The van der Waals surface area contributed by atoms with Gasteiger partial charge in [0.2, 0.25) is 0 Å². The molecule has 0 fully saturated rings. The fourth-order valence-electron chi connectivity index (χ4n) is 2.95. The monoisotopic (exact) mass is 395 g/mol. The van der Waals surface area contributed by atoms with Gasteiger partial charge in [-0.05, 0) is 43.2 Å². The summed E-state index contributed by atoms with van der Waals surface area (Å²) in [5.41, 5.74) is 3.37. The lowest BCUT2D eigenvalue weighted by atomic mass is 10.1. The number of ether oxygens (including phenoxy) is 2. The van der Waals surface area contributed by atoms with Crippen molar-refractivity contribution in [2.75, 3.05) is 6.61 Å². The fourth-order valence-corrected chi connectivity index (χ4v) is 3.14. The first-order chi connectivity index (χ1) is 13.7. The predicted octanol–water partition coefficient (Wildman–Crippen LogP) is 6.17. The van der Waals surface area contributed by atoms with Gasteiger partial charge in [-0.25, -0.2) is 0 Å². The van der Waals surface area contributed by atoms with E-state index in [0.717, 1.165) is 29.2 Å². The smallest absolute Gasteiger partial charge is 0.161 e. The van der Waals surface area contributed by atoms with E-state index in [4.69, 9.17) is 21.1 Å². The highest BCUT2D eigenvalue weighted by molar-refractivity contribution is 6.31. The van der Waals surface area contributed by atoms with Gasteiger partial charge >= 0.3 is 0 Å². The second kappa shape index (κ2) is 10.2. The third-order valence-electron chi connectivity index (χ3n) is 4.56. The van der Waals surface area contributed by atoms with Crippen molar-refractivity contribution in [3.63, 3.8) is 0 Å². The number of rotatable bonds is 9. The van der Waals surface area contributed by atoms with Crippen LogP contribution in [0.1, 0.15) is 36.6 Å². The minimum Gasteiger partial charge on any atom is -0.490 e. The highest BCUT2D eigenvalue weighted by Gasteiger charge is 2.10. The topological polar surface area (TPSA) is 30.5 Å². The summed E-state index contributed by atoms with van der Waals surface area (Å²) in [6, 6.07) is 24.5. The Bertz CT molecular complexity index is 883. The van der Waals surface area contributed by atoms with Gasteiger partial charge in [0.1, 0.15) is 6.61 Å². The van der Waals surface area contributed by atoms with Crippen molar-refractivity contribution >= 4 is 11.6 Å². The van der Waals surface area contributed by atoms with Crippen molar-refractivity contribution in [2.45, 2.75) is 33.0 Å². The predicted molar refractivity (Wildman–Crippen MR) is 115 cm³/mol. The van der Waals surface area contributed by atoms with Gasteiger partial charge in [0.15, 0.2) is 11.5 Å². The second-order valence-corrected chi connectivity index (χ2v) is 7.01. The molecule has 3 aromatic rings. The van der Waals surface area contributed by atoms with Gasteiger partial charge in [-0.1, -0.05) is 66.2 Å². The number of hydrogen-bond donors (Lipinski definition) is 1. The molecular formula is C24H26ClNO2. The second-order valence-electron chi connectivity index (χ2n) is 6.61. The summed E-state index contributed by atoms with van der Waals surface area (Å²) in [6.07, 6.45) is 0. The largest absolute Gasteiger partial charge is 0.490 e. The Morgan fingerprint density at radius 3 is 2.39 bits per heavy atom. The van der Waals surface area contributed by atoms with E-state index in [0.29, 0.717) is 18.2 Å². The molecule has 0 aliphatic heterocycles. The zero-order chi connectivity index (χ0) is 19.8. The molecule has 3 aromatic carbocycles. The molecule has 1 N–H and O–H groups in total. The molecule has 0 aromatic heterocycles. The van der Waals surface area contributed by atoms with Crippen LogP contribution in [-0.2, 0) is 13.2 Å². The van der Waals surface area contributed by atoms with Crippen LogP contribution in [0.15, 0.2) is 72.8 Å². The van der Waals surface area contributed by atoms with Crippen LogP contribution >= 0.6 is 11.6 Å². The molecule has 146 valence electrons. The van der Waals surface area contributed by atoms with Crippen LogP contribution in [-0.4, -0.2) is 6.61 Å². The van der Waals surface area contributed by atoms with Crippen LogP contribution in [0.25, 0.3) is 0 Å². The third-order valence-corrected chi connectivity index (χ3v) is 4.93. The standard InChI is InChI=1S/C24H26ClNO2/c1-3-27-24-15-19(16-26-18(2)20-9-5-4-6-10-20)13-14-23(24)28-17-21-11-7-8-12-22(21)25/h4-15,18,26H,3,16-17H2,1-2H3/t18-/m0/s1. The molecule has 4 heteroatoms. The highest BCUT2D eigenvalue weighted by atomic mass is 35.5. The molecule has 0 unspecified atom stereocenters. The summed E-state index contributed by atoms with van der Waals surface area (Å²) in [6.45, 7) is 5.88. The number of nitrogens with one attached hydrogen (secondary N) is 1. The first-order valence-corrected chi connectivity index (χ1v) is 9.95. The summed E-state index contributed by atoms with van der Waals surface area (Å²) in [5.74, 6) is 1.47. The zero-order valence-electron chi connectivity index (χ0n) is 16.3. The summed E-state index contributed by atoms with van der Waals surface area (Å²) < 4.78 is 11.8. The van der Waals surface area contributed by atoms with E-state index in [9.17, 15) is 0 Å². The first kappa shape index (κ1) is 20.2. The molecule has 3 nitrogen and oxygen atoms in total. The number of benzene rings is 3. The van der Waals surface area contributed by atoms with Crippen molar-refractivity contribution in [2.24, 2.45) is 0 Å². The zero-order valence-corrected chi connectivity index (χ0v) is 17.1. The van der Waals surface area contributed by atoms with Crippen molar-refractivity contribution < 1.29 is 9.47 Å². The number of halogens is 1. The quantitative estimate of drug-likeness (QED) is 0.470. The number of hydrogen-bond acceptors (Lipinski definition) is 3. The molecule has 3 rings (SSSR count). The van der Waals surface area contributed by atoms with Gasteiger partial charge in [0.05, 0.1) is 6.61 Å². The van der Waals surface area contributed by atoms with Crippen LogP contribution < -0.4 is 14.8 Å². The normalized spacial score (nSPS) is 11.8. The molecular weight excluding hydrogens is 370 g/mol. The van der Waals surface area contributed by atoms with Crippen LogP contribution in [0.4, 0.5) is 0 Å². The average molecular weight is 396 g/mol. The minimum absolute atomic E-state index is 0.271. The third kappa shape index (κ3) is 5.51. The van der Waals surface area contributed by atoms with Crippen molar-refractivity contribution in [1.29, 1.82) is 0 Å². The van der Waals surface area contributed by atoms with Gasteiger partial charge in [0.25, 0.3) is 0 Å². The average Bonchev–Trinajstić information content (AvgIpc) is 2.73. The Kier molecular flexibility index (Phi) is 7.35. The Hall–Kier alpha value is -2.49. The van der Waals surface area contributed by atoms with Gasteiger partial charge in [-0.3, -0.25) is 0 Å². The Morgan fingerprint density at radius 2 is 1.64 bits per heavy atom. The van der Waals surface area contributed by atoms with Crippen molar-refractivity contribution in [1.82, 2.24) is 5.32 Å². The van der Waals surface area contributed by atoms with E-state index in [-0.39, 0.29) is 6.04 Å². The minimum atomic E-state index is 0.271. The lowest BCUT2D eigenvalue weighted by molar-refractivity contribution is 0.269. The lowest BCUT2D eigenvalue weighted by Crippen LogP contribution is -2.18. The Labute approximate surface area is 172 Å². The molecule has 0 saturated carbocycles. The molecule has 1 atom stereocenters. The van der Waals surface area contributed by atoms with Gasteiger partial charge in [0, 0.05) is 23.2 Å². The molecule has 0 saturated heterocycles. The van der Waals surface area contributed by atoms with Crippen LogP contribution in [0, 0.1) is 0 Å². The summed E-state index contributed by atoms with van der Waals surface area (Å²) in [4.78, 5) is 0. The maximum Gasteiger partial charge on any atom is 0.161 e. The SMILES string of the molecule is CCOc1cc(CN[C@@H](C)c2ccccc2)ccc1OCc1ccccc1Cl. The molecule has 0 bridgehead atoms. The summed E-state index contributed by atoms with van der Waals surface area (Å²) in [7, 11) is 0. The maximum atomic E-state index is 6.22. The van der Waals surface area contributed by atoms with E-state index in [2.05, 4.69) is 42.6 Å². The van der Waals surface area contributed by atoms with Gasteiger partial charge < -0.3 is 14.8 Å². The van der Waals surface area contributed by atoms with Crippen LogP contribution in [0.2, 0.25) is 5.02 Å². The van der Waals surface area contributed by atoms with E-state index >= 15 is 0 Å². The van der Waals surface area contributed by atoms with Gasteiger partial charge in [-0.15, -0.1) is 0 Å². The Morgan fingerprint density at radius 1 is 0.893 bits per heavy atom. The molecule has 0 radical (unpaired) electrons. The first-order valence-electron chi connectivity index (χ1n) is 9.57.